The first-order chi connectivity index (χ1) is 9.99. The van der Waals surface area contributed by atoms with Gasteiger partial charge in [-0.15, -0.1) is 0 Å². The van der Waals surface area contributed by atoms with E-state index in [1.54, 1.807) is 11.8 Å². The lowest BCUT2D eigenvalue weighted by atomic mass is 10.2. The monoisotopic (exact) mass is 304 g/mol. The Morgan fingerprint density at radius 2 is 1.52 bits per heavy atom. The van der Waals surface area contributed by atoms with E-state index >= 15 is 0 Å². The van der Waals surface area contributed by atoms with Crippen LogP contribution in [0.3, 0.4) is 0 Å². The Kier molecular flexibility index (Phi) is 10.6. The summed E-state index contributed by atoms with van der Waals surface area (Å²) < 4.78 is 10.5. The fourth-order valence-corrected chi connectivity index (χ4v) is 1.91. The SMILES string of the molecule is CCOCCN(CCOCC)C(=O)N(C)C(CC)C(=O)O. The maximum atomic E-state index is 12.4. The predicted octanol–water partition coefficient (Wildman–Crippen LogP) is 1.28. The highest BCUT2D eigenvalue weighted by molar-refractivity contribution is 5.82. The minimum absolute atomic E-state index is 0.316. The largest absolute Gasteiger partial charge is 0.480 e. The van der Waals surface area contributed by atoms with Crippen LogP contribution in [-0.2, 0) is 14.3 Å². The van der Waals surface area contributed by atoms with Crippen molar-refractivity contribution in [3.8, 4) is 0 Å². The van der Waals surface area contributed by atoms with Gasteiger partial charge < -0.3 is 24.4 Å². The molecule has 0 spiro atoms. The number of rotatable bonds is 11. The van der Waals surface area contributed by atoms with E-state index in [4.69, 9.17) is 14.6 Å². The molecule has 0 heterocycles. The van der Waals surface area contributed by atoms with E-state index in [9.17, 15) is 9.59 Å². The highest BCUT2D eigenvalue weighted by atomic mass is 16.5. The molecule has 7 heteroatoms. The maximum Gasteiger partial charge on any atom is 0.326 e. The van der Waals surface area contributed by atoms with Crippen LogP contribution in [0.4, 0.5) is 4.79 Å². The lowest BCUT2D eigenvalue weighted by Crippen LogP contribution is -2.50. The highest BCUT2D eigenvalue weighted by Gasteiger charge is 2.27. The fourth-order valence-electron chi connectivity index (χ4n) is 1.91. The molecule has 0 aromatic heterocycles. The Balaban J connectivity index is 4.68. The van der Waals surface area contributed by atoms with Crippen molar-refractivity contribution in [2.75, 3.05) is 46.6 Å². The smallest absolute Gasteiger partial charge is 0.326 e. The summed E-state index contributed by atoms with van der Waals surface area (Å²) in [6.45, 7) is 8.35. The van der Waals surface area contributed by atoms with Crippen LogP contribution in [0, 0.1) is 0 Å². The molecule has 0 bridgehead atoms. The van der Waals surface area contributed by atoms with E-state index in [0.717, 1.165) is 0 Å². The van der Waals surface area contributed by atoms with Crippen LogP contribution in [0.1, 0.15) is 27.2 Å². The molecule has 0 aromatic rings. The molecule has 0 rings (SSSR count). The van der Waals surface area contributed by atoms with E-state index in [0.29, 0.717) is 45.9 Å². The summed E-state index contributed by atoms with van der Waals surface area (Å²) in [5, 5.41) is 9.14. The van der Waals surface area contributed by atoms with Crippen LogP contribution in [0.15, 0.2) is 0 Å². The van der Waals surface area contributed by atoms with E-state index < -0.39 is 12.0 Å². The van der Waals surface area contributed by atoms with Gasteiger partial charge in [0.25, 0.3) is 0 Å². The van der Waals surface area contributed by atoms with Gasteiger partial charge >= 0.3 is 12.0 Å². The van der Waals surface area contributed by atoms with Gasteiger partial charge in [-0.3, -0.25) is 0 Å². The van der Waals surface area contributed by atoms with E-state index in [2.05, 4.69) is 0 Å². The molecule has 1 atom stereocenters. The van der Waals surface area contributed by atoms with Crippen molar-refractivity contribution < 1.29 is 24.2 Å². The van der Waals surface area contributed by atoms with Gasteiger partial charge in [-0.2, -0.15) is 0 Å². The first-order valence-electron chi connectivity index (χ1n) is 7.39. The van der Waals surface area contributed by atoms with Gasteiger partial charge in [0.2, 0.25) is 0 Å². The quantitative estimate of drug-likeness (QED) is 0.582. The molecule has 0 aliphatic carbocycles. The van der Waals surface area contributed by atoms with E-state index in [1.165, 1.54) is 11.9 Å². The van der Waals surface area contributed by atoms with Crippen molar-refractivity contribution in [1.82, 2.24) is 9.80 Å². The zero-order valence-corrected chi connectivity index (χ0v) is 13.5. The van der Waals surface area contributed by atoms with Crippen molar-refractivity contribution in [3.63, 3.8) is 0 Å². The number of hydrogen-bond donors (Lipinski definition) is 1. The maximum absolute atomic E-state index is 12.4. The zero-order chi connectivity index (χ0) is 16.3. The zero-order valence-electron chi connectivity index (χ0n) is 13.5. The molecule has 0 fully saturated rings. The van der Waals surface area contributed by atoms with Crippen LogP contribution >= 0.6 is 0 Å². The number of aliphatic carboxylic acids is 1. The topological polar surface area (TPSA) is 79.3 Å². The number of likely N-dealkylation sites (N-methyl/N-ethyl adjacent to an activating group) is 1. The lowest BCUT2D eigenvalue weighted by molar-refractivity contribution is -0.142. The number of ether oxygens (including phenoxy) is 2. The normalized spacial score (nSPS) is 12.0. The van der Waals surface area contributed by atoms with Crippen molar-refractivity contribution in [1.29, 1.82) is 0 Å². The van der Waals surface area contributed by atoms with Gasteiger partial charge in [0, 0.05) is 33.4 Å². The number of carboxylic acid groups (broad SMARTS) is 1. The summed E-state index contributed by atoms with van der Waals surface area (Å²) >= 11 is 0. The van der Waals surface area contributed by atoms with Crippen molar-refractivity contribution in [2.45, 2.75) is 33.2 Å². The first kappa shape index (κ1) is 19.7. The summed E-state index contributed by atoms with van der Waals surface area (Å²) in [5.74, 6) is -0.997. The van der Waals surface area contributed by atoms with Crippen LogP contribution in [-0.4, -0.2) is 79.5 Å². The summed E-state index contributed by atoms with van der Waals surface area (Å²) in [5.41, 5.74) is 0. The molecule has 1 N–H and O–H groups in total. The third-order valence-electron chi connectivity index (χ3n) is 3.13. The fraction of sp³-hybridized carbons (Fsp3) is 0.857. The second-order valence-corrected chi connectivity index (χ2v) is 4.54. The van der Waals surface area contributed by atoms with E-state index in [-0.39, 0.29) is 6.03 Å². The Bertz CT molecular complexity index is 302. The third-order valence-corrected chi connectivity index (χ3v) is 3.13. The Hall–Kier alpha value is -1.34. The second kappa shape index (κ2) is 11.3. The molecule has 0 radical (unpaired) electrons. The number of amides is 2. The van der Waals surface area contributed by atoms with Gasteiger partial charge in [0.15, 0.2) is 0 Å². The average molecular weight is 304 g/mol. The van der Waals surface area contributed by atoms with Gasteiger partial charge in [-0.1, -0.05) is 6.92 Å². The third kappa shape index (κ3) is 7.29. The van der Waals surface area contributed by atoms with Crippen molar-refractivity contribution in [3.05, 3.63) is 0 Å². The number of carbonyl (C=O) groups is 2. The van der Waals surface area contributed by atoms with E-state index in [1.807, 2.05) is 13.8 Å². The first-order valence-corrected chi connectivity index (χ1v) is 7.39. The Morgan fingerprint density at radius 3 is 1.86 bits per heavy atom. The Labute approximate surface area is 126 Å². The molecule has 1 unspecified atom stereocenters. The number of nitrogens with zero attached hydrogens (tertiary/aromatic N) is 2. The van der Waals surface area contributed by atoms with Crippen LogP contribution in [0.2, 0.25) is 0 Å². The minimum Gasteiger partial charge on any atom is -0.480 e. The highest BCUT2D eigenvalue weighted by Crippen LogP contribution is 2.07. The molecule has 7 nitrogen and oxygen atoms in total. The minimum atomic E-state index is -0.997. The molecule has 124 valence electrons. The van der Waals surface area contributed by atoms with Gasteiger partial charge in [-0.25, -0.2) is 9.59 Å². The van der Waals surface area contributed by atoms with Crippen LogP contribution in [0.5, 0.6) is 0 Å². The lowest BCUT2D eigenvalue weighted by Gasteiger charge is -2.31. The van der Waals surface area contributed by atoms with Crippen LogP contribution < -0.4 is 0 Å². The molecule has 0 aromatic carbocycles. The number of carboxylic acids is 1. The van der Waals surface area contributed by atoms with Gasteiger partial charge in [-0.05, 0) is 20.3 Å². The molecule has 21 heavy (non-hydrogen) atoms. The molecule has 0 saturated heterocycles. The van der Waals surface area contributed by atoms with Crippen molar-refractivity contribution >= 4 is 12.0 Å². The summed E-state index contributed by atoms with van der Waals surface area (Å²) in [7, 11) is 1.51. The molecule has 0 aliphatic heterocycles. The summed E-state index contributed by atoms with van der Waals surface area (Å²) in [4.78, 5) is 26.4. The predicted molar refractivity (Wildman–Crippen MR) is 79.4 cm³/mol. The molecular weight excluding hydrogens is 276 g/mol. The average Bonchev–Trinajstić information content (AvgIpc) is 2.45. The van der Waals surface area contributed by atoms with Gasteiger partial charge in [0.05, 0.1) is 13.2 Å². The summed E-state index contributed by atoms with van der Waals surface area (Å²) in [6, 6.07) is -1.14. The molecule has 0 aliphatic rings. The number of carbonyl (C=O) groups excluding carboxylic acids is 1. The Morgan fingerprint density at radius 1 is 1.05 bits per heavy atom. The molecule has 2 amide bonds. The second-order valence-electron chi connectivity index (χ2n) is 4.54. The summed E-state index contributed by atoms with van der Waals surface area (Å²) in [6.07, 6.45) is 0.363. The standard InChI is InChI=1S/C14H28N2O5/c1-5-12(13(17)18)15(4)14(19)16(8-10-20-6-2)9-11-21-7-3/h12H,5-11H2,1-4H3,(H,17,18). The number of urea groups is 1. The van der Waals surface area contributed by atoms with Crippen LogP contribution in [0.25, 0.3) is 0 Å². The molecular formula is C14H28N2O5. The number of hydrogen-bond acceptors (Lipinski definition) is 4. The molecule has 0 saturated carbocycles. The van der Waals surface area contributed by atoms with Gasteiger partial charge in [0.1, 0.15) is 6.04 Å². The van der Waals surface area contributed by atoms with Crippen molar-refractivity contribution in [2.24, 2.45) is 0 Å².